The Balaban J connectivity index is 2.06. The molecule has 1 atom stereocenters. The summed E-state index contributed by atoms with van der Waals surface area (Å²) < 4.78 is 5.34. The normalized spacial score (nSPS) is 29.4. The lowest BCUT2D eigenvalue weighted by Gasteiger charge is -2.44. The van der Waals surface area contributed by atoms with Crippen molar-refractivity contribution in [3.8, 4) is 6.07 Å². The monoisotopic (exact) mass is 251 g/mol. The SMILES string of the molecule is CC1(C)CCC(C#N)(C(O)C2CCOCC2)CC1. The number of nitriles is 1. The van der Waals surface area contributed by atoms with Crippen LogP contribution in [0, 0.1) is 28.1 Å². The van der Waals surface area contributed by atoms with Gasteiger partial charge in [0.1, 0.15) is 0 Å². The number of aliphatic hydroxyl groups excluding tert-OH is 1. The standard InChI is InChI=1S/C15H25NO2/c1-14(2)5-7-15(11-16,8-6-14)13(17)12-3-9-18-10-4-12/h12-13,17H,3-10H2,1-2H3. The van der Waals surface area contributed by atoms with Gasteiger partial charge in [-0.25, -0.2) is 0 Å². The summed E-state index contributed by atoms with van der Waals surface area (Å²) in [5, 5.41) is 20.2. The number of rotatable bonds is 2. The molecule has 1 unspecified atom stereocenters. The summed E-state index contributed by atoms with van der Waals surface area (Å²) in [5.74, 6) is 0.250. The van der Waals surface area contributed by atoms with Gasteiger partial charge in [-0.1, -0.05) is 13.8 Å². The molecule has 2 aliphatic rings. The lowest BCUT2D eigenvalue weighted by molar-refractivity contribution is -0.0600. The first-order valence-corrected chi connectivity index (χ1v) is 7.16. The molecular formula is C15H25NO2. The smallest absolute Gasteiger partial charge is 0.0835 e. The van der Waals surface area contributed by atoms with Crippen molar-refractivity contribution < 1.29 is 9.84 Å². The van der Waals surface area contributed by atoms with Crippen LogP contribution in [-0.2, 0) is 4.74 Å². The lowest BCUT2D eigenvalue weighted by Crippen LogP contribution is -2.45. The van der Waals surface area contributed by atoms with Gasteiger partial charge in [0.15, 0.2) is 0 Å². The van der Waals surface area contributed by atoms with Crippen molar-refractivity contribution in [2.24, 2.45) is 16.7 Å². The first-order valence-electron chi connectivity index (χ1n) is 7.16. The van der Waals surface area contributed by atoms with E-state index in [2.05, 4.69) is 19.9 Å². The summed E-state index contributed by atoms with van der Waals surface area (Å²) in [6.07, 6.45) is 5.09. The van der Waals surface area contributed by atoms with Crippen LogP contribution in [0.4, 0.5) is 0 Å². The van der Waals surface area contributed by atoms with Gasteiger partial charge in [0, 0.05) is 13.2 Å². The minimum atomic E-state index is -0.502. The maximum absolute atomic E-state index is 10.6. The zero-order valence-corrected chi connectivity index (χ0v) is 11.6. The van der Waals surface area contributed by atoms with Crippen LogP contribution >= 0.6 is 0 Å². The molecule has 0 spiro atoms. The highest BCUT2D eigenvalue weighted by Gasteiger charge is 2.46. The first kappa shape index (κ1) is 13.8. The van der Waals surface area contributed by atoms with E-state index < -0.39 is 11.5 Å². The van der Waals surface area contributed by atoms with Crippen LogP contribution in [-0.4, -0.2) is 24.4 Å². The molecule has 0 radical (unpaired) electrons. The molecule has 1 heterocycles. The average Bonchev–Trinajstić information content (AvgIpc) is 2.40. The number of nitrogens with zero attached hydrogens (tertiary/aromatic N) is 1. The van der Waals surface area contributed by atoms with Gasteiger partial charge in [-0.15, -0.1) is 0 Å². The Morgan fingerprint density at radius 3 is 2.22 bits per heavy atom. The molecule has 0 bridgehead atoms. The van der Waals surface area contributed by atoms with Gasteiger partial charge < -0.3 is 9.84 Å². The zero-order valence-electron chi connectivity index (χ0n) is 11.6. The van der Waals surface area contributed by atoms with Gasteiger partial charge in [-0.05, 0) is 49.9 Å². The second kappa shape index (κ2) is 5.19. The fraction of sp³-hybridized carbons (Fsp3) is 0.933. The van der Waals surface area contributed by atoms with E-state index in [0.29, 0.717) is 5.41 Å². The van der Waals surface area contributed by atoms with Crippen LogP contribution < -0.4 is 0 Å². The van der Waals surface area contributed by atoms with E-state index in [0.717, 1.165) is 51.7 Å². The Morgan fingerprint density at radius 2 is 1.72 bits per heavy atom. The van der Waals surface area contributed by atoms with Gasteiger partial charge in [0.05, 0.1) is 17.6 Å². The van der Waals surface area contributed by atoms with Crippen LogP contribution in [0.5, 0.6) is 0 Å². The van der Waals surface area contributed by atoms with E-state index in [1.54, 1.807) is 0 Å². The molecule has 2 fully saturated rings. The topological polar surface area (TPSA) is 53.2 Å². The summed E-state index contributed by atoms with van der Waals surface area (Å²) in [6.45, 7) is 5.98. The molecule has 3 heteroatoms. The summed E-state index contributed by atoms with van der Waals surface area (Å²) in [5.41, 5.74) is -0.173. The van der Waals surface area contributed by atoms with Gasteiger partial charge in [-0.2, -0.15) is 5.26 Å². The quantitative estimate of drug-likeness (QED) is 0.821. The number of aliphatic hydroxyl groups is 1. The van der Waals surface area contributed by atoms with Crippen LogP contribution in [0.25, 0.3) is 0 Å². The maximum Gasteiger partial charge on any atom is 0.0835 e. The maximum atomic E-state index is 10.6. The lowest BCUT2D eigenvalue weighted by atomic mass is 9.61. The van der Waals surface area contributed by atoms with Crippen LogP contribution in [0.2, 0.25) is 0 Å². The Labute approximate surface area is 110 Å². The third kappa shape index (κ3) is 2.70. The highest BCUT2D eigenvalue weighted by molar-refractivity contribution is 5.08. The molecule has 1 saturated carbocycles. The van der Waals surface area contributed by atoms with Crippen LogP contribution in [0.3, 0.4) is 0 Å². The Hall–Kier alpha value is -0.590. The molecule has 3 nitrogen and oxygen atoms in total. The molecule has 0 aromatic rings. The van der Waals surface area contributed by atoms with Crippen LogP contribution in [0.15, 0.2) is 0 Å². The molecule has 0 aromatic carbocycles. The molecule has 18 heavy (non-hydrogen) atoms. The van der Waals surface area contributed by atoms with Crippen molar-refractivity contribution in [2.75, 3.05) is 13.2 Å². The summed E-state index contributed by atoms with van der Waals surface area (Å²) in [7, 11) is 0. The Bertz CT molecular complexity index is 316. The molecule has 0 amide bonds. The molecule has 102 valence electrons. The second-order valence-electron chi connectivity index (χ2n) is 6.83. The highest BCUT2D eigenvalue weighted by atomic mass is 16.5. The van der Waals surface area contributed by atoms with Crippen LogP contribution in [0.1, 0.15) is 52.4 Å². The molecule has 0 aromatic heterocycles. The van der Waals surface area contributed by atoms with E-state index in [4.69, 9.17) is 4.74 Å². The van der Waals surface area contributed by atoms with E-state index >= 15 is 0 Å². The Morgan fingerprint density at radius 1 is 1.17 bits per heavy atom. The van der Waals surface area contributed by atoms with Crippen molar-refractivity contribution in [3.05, 3.63) is 0 Å². The van der Waals surface area contributed by atoms with Gasteiger partial charge in [0.25, 0.3) is 0 Å². The van der Waals surface area contributed by atoms with E-state index in [1.165, 1.54) is 0 Å². The molecule has 1 aliphatic carbocycles. The summed E-state index contributed by atoms with van der Waals surface area (Å²) >= 11 is 0. The first-order chi connectivity index (χ1) is 8.49. The van der Waals surface area contributed by atoms with E-state index in [-0.39, 0.29) is 5.92 Å². The number of ether oxygens (including phenoxy) is 1. The molecule has 2 rings (SSSR count). The number of hydrogen-bond donors (Lipinski definition) is 1. The van der Waals surface area contributed by atoms with Crippen molar-refractivity contribution in [2.45, 2.75) is 58.5 Å². The van der Waals surface area contributed by atoms with Crippen molar-refractivity contribution >= 4 is 0 Å². The van der Waals surface area contributed by atoms with Crippen molar-refractivity contribution in [1.29, 1.82) is 5.26 Å². The van der Waals surface area contributed by atoms with Gasteiger partial charge in [0.2, 0.25) is 0 Å². The molecule has 1 saturated heterocycles. The largest absolute Gasteiger partial charge is 0.391 e. The number of hydrogen-bond acceptors (Lipinski definition) is 3. The second-order valence-corrected chi connectivity index (χ2v) is 6.83. The van der Waals surface area contributed by atoms with E-state index in [9.17, 15) is 10.4 Å². The zero-order chi connectivity index (χ0) is 13.2. The van der Waals surface area contributed by atoms with Gasteiger partial charge in [-0.3, -0.25) is 0 Å². The Kier molecular flexibility index (Phi) is 3.99. The predicted molar refractivity (Wildman–Crippen MR) is 69.8 cm³/mol. The minimum absolute atomic E-state index is 0.250. The third-order valence-corrected chi connectivity index (χ3v) is 5.00. The molecular weight excluding hydrogens is 226 g/mol. The van der Waals surface area contributed by atoms with Gasteiger partial charge >= 0.3 is 0 Å². The molecule has 1 N–H and O–H groups in total. The highest BCUT2D eigenvalue weighted by Crippen LogP contribution is 2.48. The van der Waals surface area contributed by atoms with Crippen molar-refractivity contribution in [1.82, 2.24) is 0 Å². The van der Waals surface area contributed by atoms with Crippen molar-refractivity contribution in [3.63, 3.8) is 0 Å². The summed E-state index contributed by atoms with van der Waals surface area (Å²) in [6, 6.07) is 2.46. The van der Waals surface area contributed by atoms with E-state index in [1.807, 2.05) is 0 Å². The fourth-order valence-corrected chi connectivity index (χ4v) is 3.33. The average molecular weight is 251 g/mol. The third-order valence-electron chi connectivity index (χ3n) is 5.00. The molecule has 1 aliphatic heterocycles. The minimum Gasteiger partial charge on any atom is -0.391 e. The predicted octanol–water partition coefficient (Wildman–Crippen LogP) is 2.88. The summed E-state index contributed by atoms with van der Waals surface area (Å²) in [4.78, 5) is 0. The fourth-order valence-electron chi connectivity index (χ4n) is 3.33.